The van der Waals surface area contributed by atoms with Crippen LogP contribution in [0.2, 0.25) is 0 Å². The number of nitrogens with zero attached hydrogens (tertiary/aromatic N) is 2. The Labute approximate surface area is 160 Å². The SMILES string of the molecule is CN1C(=O)C(COc2cc(C(F)(F)F)ccc2F)(CC2CCCCC2)N=C1N. The number of nitrogens with two attached hydrogens (primary N) is 1. The fourth-order valence-corrected chi connectivity index (χ4v) is 3.90. The number of aliphatic imine (C=N–C) groups is 1. The molecule has 1 aromatic carbocycles. The highest BCUT2D eigenvalue weighted by atomic mass is 19.4. The van der Waals surface area contributed by atoms with Gasteiger partial charge in [0.05, 0.1) is 5.56 Å². The van der Waals surface area contributed by atoms with Gasteiger partial charge in [0.2, 0.25) is 0 Å². The molecule has 0 spiro atoms. The van der Waals surface area contributed by atoms with Crippen LogP contribution in [0.1, 0.15) is 44.1 Å². The molecule has 1 atom stereocenters. The number of guanidine groups is 1. The van der Waals surface area contributed by atoms with Gasteiger partial charge in [0.25, 0.3) is 5.91 Å². The van der Waals surface area contributed by atoms with Gasteiger partial charge in [-0.1, -0.05) is 32.1 Å². The molecule has 3 rings (SSSR count). The molecule has 1 heterocycles. The van der Waals surface area contributed by atoms with Crippen LogP contribution in [-0.4, -0.2) is 36.0 Å². The average molecular weight is 401 g/mol. The predicted molar refractivity (Wildman–Crippen MR) is 95.2 cm³/mol. The van der Waals surface area contributed by atoms with Crippen molar-refractivity contribution < 1.29 is 27.1 Å². The van der Waals surface area contributed by atoms with Crippen molar-refractivity contribution in [3.8, 4) is 5.75 Å². The zero-order valence-corrected chi connectivity index (χ0v) is 15.6. The van der Waals surface area contributed by atoms with Crippen LogP contribution in [0.4, 0.5) is 17.6 Å². The molecule has 154 valence electrons. The van der Waals surface area contributed by atoms with E-state index in [1.54, 1.807) is 0 Å². The zero-order chi connectivity index (χ0) is 20.5. The normalized spacial score (nSPS) is 23.8. The first-order chi connectivity index (χ1) is 13.1. The molecule has 0 aromatic heterocycles. The van der Waals surface area contributed by atoms with E-state index < -0.39 is 28.8 Å². The summed E-state index contributed by atoms with van der Waals surface area (Å²) in [6, 6.07) is 1.94. The molecule has 1 saturated carbocycles. The second kappa shape index (κ2) is 7.60. The zero-order valence-electron chi connectivity index (χ0n) is 15.6. The average Bonchev–Trinajstić information content (AvgIpc) is 2.85. The molecule has 2 aliphatic rings. The van der Waals surface area contributed by atoms with Gasteiger partial charge in [0.1, 0.15) is 6.61 Å². The quantitative estimate of drug-likeness (QED) is 0.765. The molecule has 1 aliphatic carbocycles. The second-order valence-corrected chi connectivity index (χ2v) is 7.51. The van der Waals surface area contributed by atoms with Gasteiger partial charge in [-0.3, -0.25) is 9.69 Å². The molecule has 2 N–H and O–H groups in total. The van der Waals surface area contributed by atoms with Crippen LogP contribution in [0.15, 0.2) is 23.2 Å². The largest absolute Gasteiger partial charge is 0.487 e. The molecule has 9 heteroatoms. The van der Waals surface area contributed by atoms with Gasteiger partial charge in [-0.15, -0.1) is 0 Å². The van der Waals surface area contributed by atoms with Gasteiger partial charge in [0.15, 0.2) is 23.1 Å². The minimum absolute atomic E-state index is 0.0222. The number of hydrogen-bond acceptors (Lipinski definition) is 4. The van der Waals surface area contributed by atoms with E-state index in [2.05, 4.69) is 4.99 Å². The summed E-state index contributed by atoms with van der Waals surface area (Å²) < 4.78 is 58.1. The predicted octanol–water partition coefficient (Wildman–Crippen LogP) is 3.72. The molecule has 28 heavy (non-hydrogen) atoms. The Bertz CT molecular complexity index is 775. The lowest BCUT2D eigenvalue weighted by atomic mass is 9.79. The number of carbonyl (C=O) groups excluding carboxylic acids is 1. The first-order valence-electron chi connectivity index (χ1n) is 9.25. The molecular formula is C19H23F4N3O2. The fourth-order valence-electron chi connectivity index (χ4n) is 3.90. The summed E-state index contributed by atoms with van der Waals surface area (Å²) in [4.78, 5) is 18.3. The number of alkyl halides is 3. The summed E-state index contributed by atoms with van der Waals surface area (Å²) in [5.41, 5.74) is 3.44. The van der Waals surface area contributed by atoms with E-state index in [0.29, 0.717) is 24.6 Å². The summed E-state index contributed by atoms with van der Waals surface area (Å²) in [6.07, 6.45) is 0.849. The smallest absolute Gasteiger partial charge is 0.416 e. The van der Waals surface area contributed by atoms with Crippen LogP contribution < -0.4 is 10.5 Å². The van der Waals surface area contributed by atoms with E-state index in [4.69, 9.17) is 10.5 Å². The lowest BCUT2D eigenvalue weighted by Gasteiger charge is -2.31. The number of hydrogen-bond donors (Lipinski definition) is 1. The highest BCUT2D eigenvalue weighted by Crippen LogP contribution is 2.37. The topological polar surface area (TPSA) is 67.9 Å². The molecule has 1 aromatic rings. The van der Waals surface area contributed by atoms with E-state index in [-0.39, 0.29) is 24.4 Å². The number of ether oxygens (including phenoxy) is 1. The molecule has 1 fully saturated rings. The van der Waals surface area contributed by atoms with E-state index in [0.717, 1.165) is 32.1 Å². The van der Waals surface area contributed by atoms with E-state index >= 15 is 0 Å². The lowest BCUT2D eigenvalue weighted by molar-refractivity contribution is -0.138. The number of carbonyl (C=O) groups is 1. The summed E-state index contributed by atoms with van der Waals surface area (Å²) in [6.45, 7) is -0.369. The Morgan fingerprint density at radius 1 is 1.29 bits per heavy atom. The Hall–Kier alpha value is -2.32. The standard InChI is InChI=1S/C19H23F4N3O2/c1-26-16(27)18(25-17(26)24,10-12-5-3-2-4-6-12)11-28-15-9-13(19(21,22)23)7-8-14(15)20/h7-9,12H,2-6,10-11H2,1H3,(H2,24,25). The Balaban J connectivity index is 1.84. The molecule has 1 unspecified atom stereocenters. The third-order valence-corrected chi connectivity index (χ3v) is 5.45. The third-order valence-electron chi connectivity index (χ3n) is 5.45. The summed E-state index contributed by atoms with van der Waals surface area (Å²) in [5, 5.41) is 0. The fraction of sp³-hybridized carbons (Fsp3) is 0.579. The van der Waals surface area contributed by atoms with Gasteiger partial charge in [-0.25, -0.2) is 9.38 Å². The molecular weight excluding hydrogens is 378 g/mol. The van der Waals surface area contributed by atoms with Crippen LogP contribution in [-0.2, 0) is 11.0 Å². The molecule has 0 bridgehead atoms. The van der Waals surface area contributed by atoms with Gasteiger partial charge >= 0.3 is 6.18 Å². The second-order valence-electron chi connectivity index (χ2n) is 7.51. The summed E-state index contributed by atoms with van der Waals surface area (Å²) in [5.74, 6) is -1.63. The van der Waals surface area contributed by atoms with Crippen LogP contribution >= 0.6 is 0 Å². The molecule has 5 nitrogen and oxygen atoms in total. The van der Waals surface area contributed by atoms with Crippen LogP contribution in [0.25, 0.3) is 0 Å². The van der Waals surface area contributed by atoms with Gasteiger partial charge in [0, 0.05) is 7.05 Å². The number of halogens is 4. The summed E-state index contributed by atoms with van der Waals surface area (Å²) in [7, 11) is 1.48. The van der Waals surface area contributed by atoms with Crippen molar-refractivity contribution in [1.29, 1.82) is 0 Å². The van der Waals surface area contributed by atoms with Gasteiger partial charge < -0.3 is 10.5 Å². The Morgan fingerprint density at radius 3 is 2.54 bits per heavy atom. The van der Waals surface area contributed by atoms with Crippen molar-refractivity contribution in [2.45, 2.75) is 50.2 Å². The summed E-state index contributed by atoms with van der Waals surface area (Å²) >= 11 is 0. The van der Waals surface area contributed by atoms with Crippen molar-refractivity contribution >= 4 is 11.9 Å². The van der Waals surface area contributed by atoms with Gasteiger partial charge in [-0.05, 0) is 30.5 Å². The van der Waals surface area contributed by atoms with Crippen LogP contribution in [0.5, 0.6) is 5.75 Å². The molecule has 0 radical (unpaired) electrons. The monoisotopic (exact) mass is 401 g/mol. The Morgan fingerprint density at radius 2 is 1.96 bits per heavy atom. The van der Waals surface area contributed by atoms with Crippen molar-refractivity contribution in [3.63, 3.8) is 0 Å². The number of rotatable bonds is 5. The van der Waals surface area contributed by atoms with Crippen molar-refractivity contribution in [2.75, 3.05) is 13.7 Å². The highest BCUT2D eigenvalue weighted by molar-refractivity contribution is 6.06. The maximum Gasteiger partial charge on any atom is 0.416 e. The number of benzene rings is 1. The minimum atomic E-state index is -4.63. The maximum atomic E-state index is 14.0. The lowest BCUT2D eigenvalue weighted by Crippen LogP contribution is -2.47. The van der Waals surface area contributed by atoms with Crippen molar-refractivity contribution in [3.05, 3.63) is 29.6 Å². The third kappa shape index (κ3) is 4.07. The highest BCUT2D eigenvalue weighted by Gasteiger charge is 2.48. The minimum Gasteiger partial charge on any atom is -0.487 e. The van der Waals surface area contributed by atoms with Gasteiger partial charge in [-0.2, -0.15) is 13.2 Å². The van der Waals surface area contributed by atoms with Crippen LogP contribution in [0, 0.1) is 11.7 Å². The molecule has 0 saturated heterocycles. The number of likely N-dealkylation sites (N-methyl/N-ethyl adjacent to an activating group) is 1. The van der Waals surface area contributed by atoms with E-state index in [1.165, 1.54) is 11.9 Å². The first-order valence-corrected chi connectivity index (χ1v) is 9.25. The van der Waals surface area contributed by atoms with E-state index in [1.807, 2.05) is 0 Å². The Kier molecular flexibility index (Phi) is 5.54. The van der Waals surface area contributed by atoms with E-state index in [9.17, 15) is 22.4 Å². The van der Waals surface area contributed by atoms with Crippen molar-refractivity contribution in [2.24, 2.45) is 16.6 Å². The molecule has 1 amide bonds. The van der Waals surface area contributed by atoms with Crippen molar-refractivity contribution in [1.82, 2.24) is 4.90 Å². The maximum absolute atomic E-state index is 14.0. The van der Waals surface area contributed by atoms with Crippen LogP contribution in [0.3, 0.4) is 0 Å². The number of amides is 1. The first kappa shape index (κ1) is 20.4. The molecule has 1 aliphatic heterocycles.